The zero-order chi connectivity index (χ0) is 19.3. The summed E-state index contributed by atoms with van der Waals surface area (Å²) in [6, 6.07) is 9.13. The van der Waals surface area contributed by atoms with Gasteiger partial charge in [0.2, 0.25) is 11.8 Å². The molecule has 0 spiro atoms. The van der Waals surface area contributed by atoms with Crippen molar-refractivity contribution < 1.29 is 19.1 Å². The second-order valence-electron chi connectivity index (χ2n) is 6.50. The van der Waals surface area contributed by atoms with Gasteiger partial charge in [0.15, 0.2) is 11.5 Å². The number of methoxy groups -OCH3 is 2. The highest BCUT2D eigenvalue weighted by atomic mass is 16.5. The molecule has 0 saturated heterocycles. The van der Waals surface area contributed by atoms with E-state index in [1.165, 1.54) is 0 Å². The molecule has 1 aromatic carbocycles. The van der Waals surface area contributed by atoms with Crippen molar-refractivity contribution in [2.45, 2.75) is 25.9 Å². The number of rotatable bonds is 8. The van der Waals surface area contributed by atoms with Crippen molar-refractivity contribution in [3.05, 3.63) is 53.9 Å². The lowest BCUT2D eigenvalue weighted by Gasteiger charge is -2.16. The molecule has 1 aliphatic carbocycles. The van der Waals surface area contributed by atoms with E-state index in [1.807, 2.05) is 18.2 Å². The van der Waals surface area contributed by atoms with E-state index in [2.05, 4.69) is 15.6 Å². The van der Waals surface area contributed by atoms with Crippen LogP contribution in [0.1, 0.15) is 24.0 Å². The van der Waals surface area contributed by atoms with E-state index in [1.54, 1.807) is 38.7 Å². The molecule has 3 rings (SSSR count). The van der Waals surface area contributed by atoms with Crippen molar-refractivity contribution in [2.75, 3.05) is 14.2 Å². The third-order valence-electron chi connectivity index (χ3n) is 4.70. The number of ether oxygens (including phenoxy) is 2. The maximum absolute atomic E-state index is 12.6. The molecule has 0 atom stereocenters. The smallest absolute Gasteiger partial charge is 0.235 e. The van der Waals surface area contributed by atoms with Gasteiger partial charge in [-0.25, -0.2) is 0 Å². The van der Waals surface area contributed by atoms with Gasteiger partial charge in [-0.1, -0.05) is 12.1 Å². The van der Waals surface area contributed by atoms with Crippen LogP contribution in [0.15, 0.2) is 42.7 Å². The highest BCUT2D eigenvalue weighted by Gasteiger charge is 2.56. The highest BCUT2D eigenvalue weighted by molar-refractivity contribution is 6.07. The number of hydrogen-bond donors (Lipinski definition) is 2. The Labute approximate surface area is 158 Å². The van der Waals surface area contributed by atoms with Crippen LogP contribution in [0.2, 0.25) is 0 Å². The van der Waals surface area contributed by atoms with Crippen LogP contribution in [0.3, 0.4) is 0 Å². The number of nitrogens with one attached hydrogen (secondary N) is 2. The van der Waals surface area contributed by atoms with Gasteiger partial charge in [0.05, 0.1) is 14.2 Å². The summed E-state index contributed by atoms with van der Waals surface area (Å²) in [5.41, 5.74) is 0.804. The van der Waals surface area contributed by atoms with Gasteiger partial charge in [0.25, 0.3) is 0 Å². The van der Waals surface area contributed by atoms with Gasteiger partial charge in [-0.2, -0.15) is 0 Å². The van der Waals surface area contributed by atoms with E-state index in [9.17, 15) is 9.59 Å². The van der Waals surface area contributed by atoms with Crippen LogP contribution < -0.4 is 20.1 Å². The molecule has 0 bridgehead atoms. The van der Waals surface area contributed by atoms with Gasteiger partial charge in [-0.15, -0.1) is 0 Å². The van der Waals surface area contributed by atoms with E-state index in [0.717, 1.165) is 11.1 Å². The molecule has 0 unspecified atom stereocenters. The number of carbonyl (C=O) groups is 2. The number of hydrogen-bond acceptors (Lipinski definition) is 5. The van der Waals surface area contributed by atoms with E-state index < -0.39 is 5.41 Å². The molecule has 2 N–H and O–H groups in total. The molecule has 1 saturated carbocycles. The first kappa shape index (κ1) is 18.7. The minimum Gasteiger partial charge on any atom is -0.493 e. The fourth-order valence-electron chi connectivity index (χ4n) is 2.88. The summed E-state index contributed by atoms with van der Waals surface area (Å²) in [7, 11) is 3.13. The summed E-state index contributed by atoms with van der Waals surface area (Å²) in [6.07, 6.45) is 4.49. The van der Waals surface area contributed by atoms with Crippen molar-refractivity contribution >= 4 is 11.8 Å². The molecule has 1 fully saturated rings. The van der Waals surface area contributed by atoms with Crippen LogP contribution >= 0.6 is 0 Å². The van der Waals surface area contributed by atoms with E-state index in [4.69, 9.17) is 9.47 Å². The average molecular weight is 369 g/mol. The molecule has 142 valence electrons. The third-order valence-corrected chi connectivity index (χ3v) is 4.70. The van der Waals surface area contributed by atoms with Gasteiger partial charge in [-0.3, -0.25) is 14.6 Å². The summed E-state index contributed by atoms with van der Waals surface area (Å²) in [6.45, 7) is 0.675. The second-order valence-corrected chi connectivity index (χ2v) is 6.50. The molecular formula is C20H23N3O4. The van der Waals surface area contributed by atoms with E-state index in [-0.39, 0.29) is 11.8 Å². The molecule has 2 aromatic rings. The van der Waals surface area contributed by atoms with Gasteiger partial charge in [-0.05, 0) is 42.2 Å². The van der Waals surface area contributed by atoms with Gasteiger partial charge >= 0.3 is 0 Å². The minimum absolute atomic E-state index is 0.240. The Balaban J connectivity index is 1.56. The fraction of sp³-hybridized carbons (Fsp3) is 0.350. The molecule has 0 aliphatic heterocycles. The normalized spacial score (nSPS) is 14.1. The Kier molecular flexibility index (Phi) is 5.59. The minimum atomic E-state index is -0.960. The van der Waals surface area contributed by atoms with Crippen molar-refractivity contribution in [3.63, 3.8) is 0 Å². The number of amides is 2. The molecule has 7 nitrogen and oxygen atoms in total. The predicted octanol–water partition coefficient (Wildman–Crippen LogP) is 1.81. The lowest BCUT2D eigenvalue weighted by Crippen LogP contribution is -2.42. The number of carbonyl (C=O) groups excluding carboxylic acids is 2. The zero-order valence-electron chi connectivity index (χ0n) is 15.5. The fourth-order valence-corrected chi connectivity index (χ4v) is 2.88. The molecule has 0 radical (unpaired) electrons. The summed E-state index contributed by atoms with van der Waals surface area (Å²) in [5, 5.41) is 5.70. The van der Waals surface area contributed by atoms with E-state index in [0.29, 0.717) is 37.4 Å². The standard InChI is InChI=1S/C20H23N3O4/c1-26-16-6-5-14(10-17(16)27-2)12-22-18(24)20(7-8-20)19(25)23-13-15-4-3-9-21-11-15/h3-6,9-11H,7-8,12-13H2,1-2H3,(H,22,24)(H,23,25). The first-order chi connectivity index (χ1) is 13.1. The Morgan fingerprint density at radius 3 is 2.22 bits per heavy atom. The van der Waals surface area contributed by atoms with Crippen molar-refractivity contribution in [2.24, 2.45) is 5.41 Å². The van der Waals surface area contributed by atoms with Crippen LogP contribution in [0.25, 0.3) is 0 Å². The number of nitrogens with zero attached hydrogens (tertiary/aromatic N) is 1. The quantitative estimate of drug-likeness (QED) is 0.693. The Hall–Kier alpha value is -3.09. The van der Waals surface area contributed by atoms with Gasteiger partial charge in [0, 0.05) is 25.5 Å². The van der Waals surface area contributed by atoms with Crippen LogP contribution in [0.4, 0.5) is 0 Å². The second kappa shape index (κ2) is 8.07. The SMILES string of the molecule is COc1ccc(CNC(=O)C2(C(=O)NCc3cccnc3)CC2)cc1OC. The summed E-state index contributed by atoms with van der Waals surface area (Å²) in [4.78, 5) is 29.1. The lowest BCUT2D eigenvalue weighted by molar-refractivity contribution is -0.137. The molecule has 1 aromatic heterocycles. The first-order valence-electron chi connectivity index (χ1n) is 8.75. The topological polar surface area (TPSA) is 89.5 Å². The zero-order valence-corrected chi connectivity index (χ0v) is 15.5. The van der Waals surface area contributed by atoms with Crippen molar-refractivity contribution in [3.8, 4) is 11.5 Å². The molecule has 1 heterocycles. The number of pyridine rings is 1. The molecule has 7 heteroatoms. The average Bonchev–Trinajstić information content (AvgIpc) is 3.53. The van der Waals surface area contributed by atoms with Gasteiger partial charge < -0.3 is 20.1 Å². The Morgan fingerprint density at radius 2 is 1.67 bits per heavy atom. The first-order valence-corrected chi connectivity index (χ1v) is 8.75. The summed E-state index contributed by atoms with van der Waals surface area (Å²) >= 11 is 0. The third kappa shape index (κ3) is 4.19. The maximum Gasteiger partial charge on any atom is 0.235 e. The van der Waals surface area contributed by atoms with Crippen LogP contribution in [-0.4, -0.2) is 31.0 Å². The Morgan fingerprint density at radius 1 is 1.00 bits per heavy atom. The maximum atomic E-state index is 12.6. The predicted molar refractivity (Wildman–Crippen MR) is 99.1 cm³/mol. The van der Waals surface area contributed by atoms with Crippen LogP contribution in [0.5, 0.6) is 11.5 Å². The van der Waals surface area contributed by atoms with Crippen molar-refractivity contribution in [1.29, 1.82) is 0 Å². The lowest BCUT2D eigenvalue weighted by atomic mass is 10.0. The van der Waals surface area contributed by atoms with Crippen LogP contribution in [-0.2, 0) is 22.7 Å². The molecular weight excluding hydrogens is 346 g/mol. The van der Waals surface area contributed by atoms with Crippen molar-refractivity contribution in [1.82, 2.24) is 15.6 Å². The summed E-state index contributed by atoms with van der Waals surface area (Å²) in [5.74, 6) is 0.734. The largest absolute Gasteiger partial charge is 0.493 e. The van der Waals surface area contributed by atoms with E-state index >= 15 is 0 Å². The Bertz CT molecular complexity index is 819. The highest BCUT2D eigenvalue weighted by Crippen LogP contribution is 2.46. The molecule has 1 aliphatic rings. The molecule has 27 heavy (non-hydrogen) atoms. The number of benzene rings is 1. The number of aromatic nitrogens is 1. The van der Waals surface area contributed by atoms with Crippen LogP contribution in [0, 0.1) is 5.41 Å². The summed E-state index contributed by atoms with van der Waals surface area (Å²) < 4.78 is 10.5. The van der Waals surface area contributed by atoms with Gasteiger partial charge in [0.1, 0.15) is 5.41 Å². The monoisotopic (exact) mass is 369 g/mol. The molecule has 2 amide bonds.